The molecule has 0 radical (unpaired) electrons. The molecule has 1 aliphatic rings. The zero-order chi connectivity index (χ0) is 16.1. The van der Waals surface area contributed by atoms with E-state index in [9.17, 15) is 0 Å². The molecule has 1 fully saturated rings. The van der Waals surface area contributed by atoms with Gasteiger partial charge in [-0.2, -0.15) is 0 Å². The van der Waals surface area contributed by atoms with Crippen molar-refractivity contribution in [3.63, 3.8) is 0 Å². The summed E-state index contributed by atoms with van der Waals surface area (Å²) < 4.78 is 0. The van der Waals surface area contributed by atoms with Crippen LogP contribution in [0.1, 0.15) is 43.7 Å². The van der Waals surface area contributed by atoms with Gasteiger partial charge in [-0.1, -0.05) is 38.0 Å². The molecule has 1 heterocycles. The number of para-hydroxylation sites is 1. The van der Waals surface area contributed by atoms with Gasteiger partial charge in [0.25, 0.3) is 0 Å². The number of guanidine groups is 1. The predicted octanol–water partition coefficient (Wildman–Crippen LogP) is 4.00. The van der Waals surface area contributed by atoms with Crippen molar-refractivity contribution in [2.75, 3.05) is 13.6 Å². The summed E-state index contributed by atoms with van der Waals surface area (Å²) in [4.78, 5) is 7.79. The standard InChI is InChI=1S/C19H28N4.HI/c1-3-14-7-6-10-17-15(13-22-18(14)17)11-12-21-19(20-2)23-16-8-4-5-9-16;/h6-7,10,13,16,22H,3-5,8-9,11-12H2,1-2H3,(H2,20,21,23);1H. The van der Waals surface area contributed by atoms with E-state index < -0.39 is 0 Å². The van der Waals surface area contributed by atoms with E-state index in [-0.39, 0.29) is 24.0 Å². The number of aromatic nitrogens is 1. The minimum Gasteiger partial charge on any atom is -0.361 e. The number of benzene rings is 1. The van der Waals surface area contributed by atoms with Crippen molar-refractivity contribution in [3.05, 3.63) is 35.5 Å². The molecule has 0 aliphatic heterocycles. The lowest BCUT2D eigenvalue weighted by atomic mass is 10.1. The molecule has 4 nitrogen and oxygen atoms in total. The normalized spacial score (nSPS) is 15.5. The second-order valence-corrected chi connectivity index (χ2v) is 6.38. The number of aliphatic imine (C=N–C) groups is 1. The van der Waals surface area contributed by atoms with Crippen LogP contribution in [0.25, 0.3) is 10.9 Å². The predicted molar refractivity (Wildman–Crippen MR) is 114 cm³/mol. The van der Waals surface area contributed by atoms with Gasteiger partial charge in [-0.3, -0.25) is 4.99 Å². The van der Waals surface area contributed by atoms with Gasteiger partial charge in [0, 0.05) is 36.7 Å². The molecule has 1 aliphatic carbocycles. The van der Waals surface area contributed by atoms with Crippen LogP contribution in [0.15, 0.2) is 29.4 Å². The van der Waals surface area contributed by atoms with Gasteiger partial charge >= 0.3 is 0 Å². The Morgan fingerprint density at radius 3 is 2.75 bits per heavy atom. The summed E-state index contributed by atoms with van der Waals surface area (Å²) in [5, 5.41) is 8.34. The summed E-state index contributed by atoms with van der Waals surface area (Å²) in [6.07, 6.45) is 9.42. The molecule has 2 aromatic rings. The van der Waals surface area contributed by atoms with Gasteiger partial charge in [0.05, 0.1) is 0 Å². The van der Waals surface area contributed by atoms with Gasteiger partial charge in [0.15, 0.2) is 5.96 Å². The van der Waals surface area contributed by atoms with E-state index in [0.29, 0.717) is 6.04 Å². The number of nitrogens with zero attached hydrogens (tertiary/aromatic N) is 1. The van der Waals surface area contributed by atoms with Crippen LogP contribution in [0.2, 0.25) is 0 Å². The SMILES string of the molecule is CCc1cccc2c(CCNC(=NC)NC3CCCC3)c[nH]c12.I. The minimum atomic E-state index is 0. The molecule has 0 atom stereocenters. The van der Waals surface area contributed by atoms with E-state index in [2.05, 4.69) is 51.9 Å². The number of aryl methyl sites for hydroxylation is 1. The highest BCUT2D eigenvalue weighted by molar-refractivity contribution is 14.0. The molecule has 3 N–H and O–H groups in total. The molecule has 0 amide bonds. The maximum atomic E-state index is 4.35. The Morgan fingerprint density at radius 2 is 2.04 bits per heavy atom. The summed E-state index contributed by atoms with van der Waals surface area (Å²) in [6, 6.07) is 7.17. The third kappa shape index (κ3) is 4.43. The first kappa shape index (κ1) is 19.1. The molecule has 1 aromatic carbocycles. The highest BCUT2D eigenvalue weighted by Gasteiger charge is 2.15. The highest BCUT2D eigenvalue weighted by Crippen LogP contribution is 2.22. The smallest absolute Gasteiger partial charge is 0.191 e. The largest absolute Gasteiger partial charge is 0.361 e. The van der Waals surface area contributed by atoms with Crippen LogP contribution in [-0.4, -0.2) is 30.6 Å². The van der Waals surface area contributed by atoms with E-state index in [1.807, 2.05) is 7.05 Å². The van der Waals surface area contributed by atoms with E-state index in [4.69, 9.17) is 0 Å². The Morgan fingerprint density at radius 1 is 1.25 bits per heavy atom. The van der Waals surface area contributed by atoms with Gasteiger partial charge in [-0.15, -0.1) is 24.0 Å². The Kier molecular flexibility index (Phi) is 7.40. The molecule has 5 heteroatoms. The summed E-state index contributed by atoms with van der Waals surface area (Å²) >= 11 is 0. The Hall–Kier alpha value is -1.24. The van der Waals surface area contributed by atoms with Crippen molar-refractivity contribution in [3.8, 4) is 0 Å². The van der Waals surface area contributed by atoms with Gasteiger partial charge < -0.3 is 15.6 Å². The van der Waals surface area contributed by atoms with Gasteiger partial charge in [-0.05, 0) is 36.8 Å². The molecule has 132 valence electrons. The third-order valence-corrected chi connectivity index (χ3v) is 4.87. The van der Waals surface area contributed by atoms with Crippen LogP contribution in [0.4, 0.5) is 0 Å². The van der Waals surface area contributed by atoms with E-state index >= 15 is 0 Å². The summed E-state index contributed by atoms with van der Waals surface area (Å²) in [7, 11) is 1.85. The Balaban J connectivity index is 0.00000208. The van der Waals surface area contributed by atoms with E-state index in [1.165, 1.54) is 47.7 Å². The molecule has 1 aromatic heterocycles. The molecular formula is C19H29IN4. The Bertz CT molecular complexity index is 671. The zero-order valence-corrected chi connectivity index (χ0v) is 17.0. The average molecular weight is 440 g/mol. The first-order valence-electron chi connectivity index (χ1n) is 8.87. The fourth-order valence-corrected chi connectivity index (χ4v) is 3.55. The minimum absolute atomic E-state index is 0. The lowest BCUT2D eigenvalue weighted by Gasteiger charge is -2.16. The molecule has 0 spiro atoms. The quantitative estimate of drug-likeness (QED) is 0.374. The first-order valence-corrected chi connectivity index (χ1v) is 8.87. The number of hydrogen-bond acceptors (Lipinski definition) is 1. The number of halogens is 1. The second-order valence-electron chi connectivity index (χ2n) is 6.38. The number of H-pyrrole nitrogens is 1. The average Bonchev–Trinajstić information content (AvgIpc) is 3.23. The fourth-order valence-electron chi connectivity index (χ4n) is 3.55. The van der Waals surface area contributed by atoms with Crippen LogP contribution >= 0.6 is 24.0 Å². The number of aromatic amines is 1. The summed E-state index contributed by atoms with van der Waals surface area (Å²) in [6.45, 7) is 3.10. The molecular weight excluding hydrogens is 411 g/mol. The first-order chi connectivity index (χ1) is 11.3. The van der Waals surface area contributed by atoms with Gasteiger partial charge in [0.1, 0.15) is 0 Å². The van der Waals surface area contributed by atoms with Crippen LogP contribution in [-0.2, 0) is 12.8 Å². The van der Waals surface area contributed by atoms with Gasteiger partial charge in [0.2, 0.25) is 0 Å². The maximum absolute atomic E-state index is 4.35. The lowest BCUT2D eigenvalue weighted by molar-refractivity contribution is 0.613. The van der Waals surface area contributed by atoms with Crippen molar-refractivity contribution in [1.29, 1.82) is 0 Å². The monoisotopic (exact) mass is 440 g/mol. The number of rotatable bonds is 5. The van der Waals surface area contributed by atoms with Crippen LogP contribution in [0, 0.1) is 0 Å². The maximum Gasteiger partial charge on any atom is 0.191 e. The summed E-state index contributed by atoms with van der Waals surface area (Å²) in [5.74, 6) is 0.936. The lowest BCUT2D eigenvalue weighted by Crippen LogP contribution is -2.42. The van der Waals surface area contributed by atoms with Crippen molar-refractivity contribution in [2.24, 2.45) is 4.99 Å². The molecule has 0 bridgehead atoms. The van der Waals surface area contributed by atoms with Crippen LogP contribution in [0.5, 0.6) is 0 Å². The Labute approximate surface area is 161 Å². The van der Waals surface area contributed by atoms with Crippen LogP contribution in [0.3, 0.4) is 0 Å². The van der Waals surface area contributed by atoms with E-state index in [1.54, 1.807) is 0 Å². The van der Waals surface area contributed by atoms with Crippen molar-refractivity contribution >= 4 is 40.8 Å². The number of nitrogens with one attached hydrogen (secondary N) is 3. The van der Waals surface area contributed by atoms with Gasteiger partial charge in [-0.25, -0.2) is 0 Å². The molecule has 0 unspecified atom stereocenters. The second kappa shape index (κ2) is 9.30. The highest BCUT2D eigenvalue weighted by atomic mass is 127. The number of fused-ring (bicyclic) bond motifs is 1. The molecule has 0 saturated heterocycles. The van der Waals surface area contributed by atoms with Crippen LogP contribution < -0.4 is 10.6 Å². The molecule has 3 rings (SSSR count). The number of hydrogen-bond donors (Lipinski definition) is 3. The summed E-state index contributed by atoms with van der Waals surface area (Å²) in [5.41, 5.74) is 4.05. The van der Waals surface area contributed by atoms with E-state index in [0.717, 1.165) is 25.3 Å². The van der Waals surface area contributed by atoms with Crippen molar-refractivity contribution in [2.45, 2.75) is 51.5 Å². The third-order valence-electron chi connectivity index (χ3n) is 4.87. The molecule has 1 saturated carbocycles. The zero-order valence-electron chi connectivity index (χ0n) is 14.7. The fraction of sp³-hybridized carbons (Fsp3) is 0.526. The van der Waals surface area contributed by atoms with Crippen molar-refractivity contribution in [1.82, 2.24) is 15.6 Å². The molecule has 24 heavy (non-hydrogen) atoms. The topological polar surface area (TPSA) is 52.2 Å². The van der Waals surface area contributed by atoms with Crippen molar-refractivity contribution < 1.29 is 0 Å².